The predicted molar refractivity (Wildman–Crippen MR) is 107 cm³/mol. The summed E-state index contributed by atoms with van der Waals surface area (Å²) in [5, 5.41) is 6.80. The normalized spacial score (nSPS) is 11.4. The molecule has 0 spiro atoms. The molecule has 6 nitrogen and oxygen atoms in total. The van der Waals surface area contributed by atoms with Gasteiger partial charge in [-0.1, -0.05) is 11.6 Å². The minimum absolute atomic E-state index is 0.0514. The molecule has 1 aromatic heterocycles. The largest absolute Gasteiger partial charge is 0.369 e. The molecular weight excluding hydrogens is 351 g/mol. The third kappa shape index (κ3) is 4.28. The highest BCUT2D eigenvalue weighted by Gasteiger charge is 2.06. The van der Waals surface area contributed by atoms with Crippen molar-refractivity contribution in [2.24, 2.45) is 10.7 Å². The number of aromatic nitrogens is 2. The summed E-state index contributed by atoms with van der Waals surface area (Å²) in [5.74, 6) is 0.0605. The molecule has 132 valence electrons. The van der Waals surface area contributed by atoms with E-state index in [0.717, 1.165) is 22.2 Å². The topological polar surface area (TPSA) is 88.2 Å². The highest BCUT2D eigenvalue weighted by atomic mass is 32.1. The number of aliphatic imine (C=N–C) groups is 1. The summed E-state index contributed by atoms with van der Waals surface area (Å²) in [6.45, 7) is 3.92. The number of nitrogens with two attached hydrogens (primary N) is 1. The summed E-state index contributed by atoms with van der Waals surface area (Å²) in [4.78, 5) is 12.9. The SMILES string of the molecule is Cc1ccc2nc(N/C(N)=N/C(=S)Nc3ccc(F)cc3)nc(C)c2c1. The van der Waals surface area contributed by atoms with Gasteiger partial charge in [-0.3, -0.25) is 5.32 Å². The number of guanidine groups is 1. The van der Waals surface area contributed by atoms with E-state index < -0.39 is 0 Å². The van der Waals surface area contributed by atoms with Gasteiger partial charge in [-0.2, -0.15) is 4.99 Å². The van der Waals surface area contributed by atoms with Crippen LogP contribution in [0.2, 0.25) is 0 Å². The molecule has 4 N–H and O–H groups in total. The number of benzene rings is 2. The first kappa shape index (κ1) is 17.7. The lowest BCUT2D eigenvalue weighted by molar-refractivity contribution is 0.628. The Labute approximate surface area is 155 Å². The molecule has 26 heavy (non-hydrogen) atoms. The van der Waals surface area contributed by atoms with Crippen molar-refractivity contribution in [3.8, 4) is 0 Å². The van der Waals surface area contributed by atoms with E-state index in [1.807, 2.05) is 32.0 Å². The van der Waals surface area contributed by atoms with Crippen molar-refractivity contribution in [1.29, 1.82) is 0 Å². The first-order valence-electron chi connectivity index (χ1n) is 7.83. The smallest absolute Gasteiger partial charge is 0.230 e. The molecule has 0 aliphatic rings. The van der Waals surface area contributed by atoms with Crippen molar-refractivity contribution < 1.29 is 4.39 Å². The van der Waals surface area contributed by atoms with E-state index >= 15 is 0 Å². The quantitative estimate of drug-likeness (QED) is 0.364. The van der Waals surface area contributed by atoms with Crippen LogP contribution in [-0.4, -0.2) is 21.0 Å². The van der Waals surface area contributed by atoms with Gasteiger partial charge < -0.3 is 11.1 Å². The van der Waals surface area contributed by atoms with E-state index in [4.69, 9.17) is 18.0 Å². The second-order valence-corrected chi connectivity index (χ2v) is 6.10. The lowest BCUT2D eigenvalue weighted by Gasteiger charge is -2.09. The summed E-state index contributed by atoms with van der Waals surface area (Å²) in [7, 11) is 0. The number of rotatable bonds is 2. The summed E-state index contributed by atoms with van der Waals surface area (Å²) in [5.41, 5.74) is 9.27. The molecule has 0 atom stereocenters. The predicted octanol–water partition coefficient (Wildman–Crippen LogP) is 3.51. The molecular formula is C18H17FN6S. The number of thiocarbonyl (C=S) groups is 1. The Bertz CT molecular complexity index is 1000. The molecule has 0 aliphatic heterocycles. The first-order chi connectivity index (χ1) is 12.4. The number of aryl methyl sites for hydroxylation is 2. The molecule has 0 bridgehead atoms. The Kier molecular flexibility index (Phi) is 5.04. The Morgan fingerprint density at radius 1 is 1.08 bits per heavy atom. The average Bonchev–Trinajstić information content (AvgIpc) is 2.57. The zero-order valence-corrected chi connectivity index (χ0v) is 15.1. The van der Waals surface area contributed by atoms with Crippen molar-refractivity contribution in [2.75, 3.05) is 10.6 Å². The Balaban J connectivity index is 1.74. The number of hydrogen-bond acceptors (Lipinski definition) is 3. The van der Waals surface area contributed by atoms with E-state index in [-0.39, 0.29) is 16.9 Å². The van der Waals surface area contributed by atoms with Crippen molar-refractivity contribution in [1.82, 2.24) is 9.97 Å². The fourth-order valence-electron chi connectivity index (χ4n) is 2.39. The van der Waals surface area contributed by atoms with Crippen LogP contribution in [0.15, 0.2) is 47.5 Å². The van der Waals surface area contributed by atoms with Crippen molar-refractivity contribution >= 4 is 45.8 Å². The molecule has 3 aromatic rings. The first-order valence-corrected chi connectivity index (χ1v) is 8.24. The lowest BCUT2D eigenvalue weighted by Crippen LogP contribution is -2.26. The third-order valence-corrected chi connectivity index (χ3v) is 3.79. The van der Waals surface area contributed by atoms with E-state index in [2.05, 4.69) is 25.6 Å². The van der Waals surface area contributed by atoms with Gasteiger partial charge >= 0.3 is 0 Å². The van der Waals surface area contributed by atoms with Crippen LogP contribution in [0.4, 0.5) is 16.0 Å². The van der Waals surface area contributed by atoms with Crippen LogP contribution in [-0.2, 0) is 0 Å². The fraction of sp³-hybridized carbons (Fsp3) is 0.111. The maximum atomic E-state index is 12.9. The van der Waals surface area contributed by atoms with E-state index in [9.17, 15) is 4.39 Å². The number of anilines is 2. The highest BCUT2D eigenvalue weighted by Crippen LogP contribution is 2.18. The second-order valence-electron chi connectivity index (χ2n) is 5.71. The van der Waals surface area contributed by atoms with Crippen molar-refractivity contribution in [3.63, 3.8) is 0 Å². The van der Waals surface area contributed by atoms with Gasteiger partial charge in [-0.25, -0.2) is 14.4 Å². The molecule has 1 heterocycles. The van der Waals surface area contributed by atoms with Crippen LogP contribution >= 0.6 is 12.2 Å². The van der Waals surface area contributed by atoms with Gasteiger partial charge in [0.1, 0.15) is 5.82 Å². The molecule has 2 aromatic carbocycles. The lowest BCUT2D eigenvalue weighted by atomic mass is 10.1. The molecule has 3 rings (SSSR count). The molecule has 0 saturated heterocycles. The number of nitrogens with zero attached hydrogens (tertiary/aromatic N) is 3. The van der Waals surface area contributed by atoms with Crippen LogP contribution < -0.4 is 16.4 Å². The van der Waals surface area contributed by atoms with Gasteiger partial charge in [0.15, 0.2) is 0 Å². The molecule has 0 fully saturated rings. The molecule has 8 heteroatoms. The number of hydrogen-bond donors (Lipinski definition) is 3. The third-order valence-electron chi connectivity index (χ3n) is 3.60. The van der Waals surface area contributed by atoms with Crippen LogP contribution in [0.5, 0.6) is 0 Å². The van der Waals surface area contributed by atoms with Crippen molar-refractivity contribution in [2.45, 2.75) is 13.8 Å². The van der Waals surface area contributed by atoms with Crippen LogP contribution in [0, 0.1) is 19.7 Å². The van der Waals surface area contributed by atoms with E-state index in [1.165, 1.54) is 12.1 Å². The monoisotopic (exact) mass is 368 g/mol. The maximum absolute atomic E-state index is 12.9. The summed E-state index contributed by atoms with van der Waals surface area (Å²) >= 11 is 5.13. The van der Waals surface area contributed by atoms with Gasteiger partial charge in [-0.05, 0) is 62.5 Å². The van der Waals surface area contributed by atoms with Gasteiger partial charge in [0.25, 0.3) is 0 Å². The molecule has 0 radical (unpaired) electrons. The molecule has 0 unspecified atom stereocenters. The zero-order chi connectivity index (χ0) is 18.7. The summed E-state index contributed by atoms with van der Waals surface area (Å²) < 4.78 is 12.9. The average molecular weight is 368 g/mol. The summed E-state index contributed by atoms with van der Waals surface area (Å²) in [6.07, 6.45) is 0. The van der Waals surface area contributed by atoms with Gasteiger partial charge in [0.05, 0.1) is 11.2 Å². The van der Waals surface area contributed by atoms with Crippen LogP contribution in [0.1, 0.15) is 11.3 Å². The van der Waals surface area contributed by atoms with E-state index in [1.54, 1.807) is 12.1 Å². The maximum Gasteiger partial charge on any atom is 0.230 e. The minimum atomic E-state index is -0.329. The second kappa shape index (κ2) is 7.40. The van der Waals surface area contributed by atoms with Gasteiger partial charge in [0.2, 0.25) is 17.0 Å². The minimum Gasteiger partial charge on any atom is -0.369 e. The van der Waals surface area contributed by atoms with Crippen LogP contribution in [0.3, 0.4) is 0 Å². The highest BCUT2D eigenvalue weighted by molar-refractivity contribution is 7.80. The summed E-state index contributed by atoms with van der Waals surface area (Å²) in [6, 6.07) is 11.7. The number of fused-ring (bicyclic) bond motifs is 1. The molecule has 0 saturated carbocycles. The Morgan fingerprint density at radius 3 is 2.54 bits per heavy atom. The number of nitrogens with one attached hydrogen (secondary N) is 2. The molecule has 0 aliphatic carbocycles. The number of halogens is 1. The zero-order valence-electron chi connectivity index (χ0n) is 14.2. The standard InChI is InChI=1S/C18H17FN6S/c1-10-3-8-15-14(9-10)11(2)21-17(23-15)24-16(20)25-18(26)22-13-6-4-12(19)5-7-13/h3-9H,1-2H3,(H4,20,21,22,23,24,25,26). The molecule has 0 amide bonds. The van der Waals surface area contributed by atoms with Gasteiger partial charge in [-0.15, -0.1) is 0 Å². The Hall–Kier alpha value is -3.13. The fourth-order valence-corrected chi connectivity index (χ4v) is 2.60. The Morgan fingerprint density at radius 2 is 1.81 bits per heavy atom. The van der Waals surface area contributed by atoms with E-state index in [0.29, 0.717) is 11.6 Å². The van der Waals surface area contributed by atoms with Gasteiger partial charge in [0, 0.05) is 11.1 Å². The van der Waals surface area contributed by atoms with Crippen molar-refractivity contribution in [3.05, 3.63) is 59.5 Å². The van der Waals surface area contributed by atoms with Crippen LogP contribution in [0.25, 0.3) is 10.9 Å².